The number of fused-ring (bicyclic) bond motifs is 1. The lowest BCUT2D eigenvalue weighted by molar-refractivity contribution is -0.173. The molecule has 3 aromatic rings. The predicted molar refractivity (Wildman–Crippen MR) is 116 cm³/mol. The molecule has 0 bridgehead atoms. The lowest BCUT2D eigenvalue weighted by atomic mass is 9.97. The number of benzene rings is 2. The summed E-state index contributed by atoms with van der Waals surface area (Å²) < 4.78 is 47.5. The first-order valence-electron chi connectivity index (χ1n) is 10.3. The third kappa shape index (κ3) is 4.80. The largest absolute Gasteiger partial charge is 0.497 e. The highest BCUT2D eigenvalue weighted by molar-refractivity contribution is 6.03. The van der Waals surface area contributed by atoms with E-state index in [9.17, 15) is 23.1 Å². The molecule has 2 aromatic carbocycles. The van der Waals surface area contributed by atoms with E-state index in [2.05, 4.69) is 15.7 Å². The Hall–Kier alpha value is -3.53. The van der Waals surface area contributed by atoms with Gasteiger partial charge in [-0.1, -0.05) is 24.3 Å². The van der Waals surface area contributed by atoms with Crippen molar-refractivity contribution in [3.05, 3.63) is 71.4 Å². The molecule has 33 heavy (non-hydrogen) atoms. The summed E-state index contributed by atoms with van der Waals surface area (Å²) in [6, 6.07) is 12.1. The molecule has 7 nitrogen and oxygen atoms in total. The van der Waals surface area contributed by atoms with E-state index in [0.717, 1.165) is 4.68 Å². The average Bonchev–Trinajstić information content (AvgIpc) is 3.22. The van der Waals surface area contributed by atoms with Crippen molar-refractivity contribution in [3.8, 4) is 5.75 Å². The minimum atomic E-state index is -4.54. The molecule has 0 aliphatic carbocycles. The summed E-state index contributed by atoms with van der Waals surface area (Å²) in [5.41, 5.74) is 1.64. The Bertz CT molecular complexity index is 1130. The number of carbonyl (C=O) groups excluding carboxylic acids is 1. The highest BCUT2D eigenvalue weighted by Gasteiger charge is 2.46. The Morgan fingerprint density at radius 1 is 1.21 bits per heavy atom. The Morgan fingerprint density at radius 2 is 1.88 bits per heavy atom. The minimum Gasteiger partial charge on any atom is -0.497 e. The normalized spacial score (nSPS) is 18.7. The lowest BCUT2D eigenvalue weighted by Crippen LogP contribution is -2.35. The maximum atomic E-state index is 13.9. The van der Waals surface area contributed by atoms with Gasteiger partial charge >= 0.3 is 6.18 Å². The molecule has 0 unspecified atom stereocenters. The van der Waals surface area contributed by atoms with Gasteiger partial charge in [-0.2, -0.15) is 18.3 Å². The molecule has 10 heteroatoms. The molecule has 3 atom stereocenters. The van der Waals surface area contributed by atoms with Gasteiger partial charge in [-0.25, -0.2) is 4.68 Å². The summed E-state index contributed by atoms with van der Waals surface area (Å²) in [6.07, 6.45) is -5.47. The third-order valence-corrected chi connectivity index (χ3v) is 5.59. The number of anilines is 2. The second-order valence-corrected chi connectivity index (χ2v) is 7.87. The molecule has 1 aliphatic rings. The smallest absolute Gasteiger partial charge is 0.410 e. The predicted octanol–water partition coefficient (Wildman–Crippen LogP) is 4.86. The van der Waals surface area contributed by atoms with Crippen molar-refractivity contribution in [1.29, 1.82) is 0 Å². The standard InChI is InChI=1S/C23H23F3N4O3/c1-13(31)14-3-7-16(8-4-14)27-22(32)19-12-21-28-18(15-5-9-17(33-2)10-6-15)11-20(23(24,25)26)30(21)29-19/h3-10,12-13,18,20,28,31H,11H2,1-2H3,(H,27,32)/t13-,18+,20+/m0/s1. The average molecular weight is 460 g/mol. The number of alkyl halides is 3. The molecule has 2 heterocycles. The van der Waals surface area contributed by atoms with Crippen LogP contribution in [0.15, 0.2) is 54.6 Å². The van der Waals surface area contributed by atoms with Gasteiger partial charge in [-0.15, -0.1) is 0 Å². The highest BCUT2D eigenvalue weighted by Crippen LogP contribution is 2.43. The Labute approximate surface area is 188 Å². The molecule has 1 aliphatic heterocycles. The van der Waals surface area contributed by atoms with Crippen molar-refractivity contribution >= 4 is 17.4 Å². The first-order valence-corrected chi connectivity index (χ1v) is 10.3. The fourth-order valence-corrected chi connectivity index (χ4v) is 3.78. The number of hydrogen-bond acceptors (Lipinski definition) is 5. The van der Waals surface area contributed by atoms with E-state index in [0.29, 0.717) is 22.6 Å². The number of aliphatic hydroxyl groups is 1. The number of carbonyl (C=O) groups is 1. The van der Waals surface area contributed by atoms with E-state index in [1.54, 1.807) is 55.5 Å². The quantitative estimate of drug-likeness (QED) is 0.506. The summed E-state index contributed by atoms with van der Waals surface area (Å²) in [5, 5.41) is 19.2. The molecular formula is C23H23F3N4O3. The van der Waals surface area contributed by atoms with Crippen molar-refractivity contribution < 1.29 is 27.8 Å². The molecule has 1 amide bonds. The van der Waals surface area contributed by atoms with Gasteiger partial charge < -0.3 is 20.5 Å². The molecule has 0 radical (unpaired) electrons. The summed E-state index contributed by atoms with van der Waals surface area (Å²) in [6.45, 7) is 1.62. The monoisotopic (exact) mass is 460 g/mol. The molecule has 0 saturated carbocycles. The molecule has 174 valence electrons. The minimum absolute atomic E-state index is 0.110. The van der Waals surface area contributed by atoms with Crippen LogP contribution in [-0.4, -0.2) is 34.1 Å². The first kappa shape index (κ1) is 22.7. The Morgan fingerprint density at radius 3 is 2.45 bits per heavy atom. The number of ether oxygens (including phenoxy) is 1. The van der Waals surface area contributed by atoms with Crippen LogP contribution in [-0.2, 0) is 0 Å². The number of methoxy groups -OCH3 is 1. The highest BCUT2D eigenvalue weighted by atomic mass is 19.4. The zero-order chi connectivity index (χ0) is 23.8. The van der Waals surface area contributed by atoms with Gasteiger partial charge in [-0.3, -0.25) is 4.79 Å². The topological polar surface area (TPSA) is 88.4 Å². The maximum absolute atomic E-state index is 13.9. The van der Waals surface area contributed by atoms with Gasteiger partial charge in [0.2, 0.25) is 0 Å². The SMILES string of the molecule is COc1ccc([C@H]2C[C@H](C(F)(F)F)n3nc(C(=O)Nc4ccc([C@H](C)O)cc4)cc3N2)cc1. The first-order chi connectivity index (χ1) is 15.7. The number of aliphatic hydroxyl groups excluding tert-OH is 1. The third-order valence-electron chi connectivity index (χ3n) is 5.59. The number of nitrogens with zero attached hydrogens (tertiary/aromatic N) is 2. The van der Waals surface area contributed by atoms with Crippen molar-refractivity contribution in [1.82, 2.24) is 9.78 Å². The zero-order valence-corrected chi connectivity index (χ0v) is 17.9. The fraction of sp³-hybridized carbons (Fsp3) is 0.304. The molecule has 0 fully saturated rings. The van der Waals surface area contributed by atoms with Gasteiger partial charge in [0.25, 0.3) is 5.91 Å². The van der Waals surface area contributed by atoms with Crippen LogP contribution in [0.25, 0.3) is 0 Å². The Kier molecular flexibility index (Phi) is 6.03. The van der Waals surface area contributed by atoms with E-state index < -0.39 is 30.3 Å². The van der Waals surface area contributed by atoms with Crippen LogP contribution in [0.3, 0.4) is 0 Å². The number of hydrogen-bond donors (Lipinski definition) is 3. The van der Waals surface area contributed by atoms with E-state index in [1.165, 1.54) is 13.2 Å². The van der Waals surface area contributed by atoms with Crippen LogP contribution in [0.2, 0.25) is 0 Å². The van der Waals surface area contributed by atoms with Gasteiger partial charge in [-0.05, 0) is 42.3 Å². The van der Waals surface area contributed by atoms with E-state index in [4.69, 9.17) is 4.74 Å². The van der Waals surface area contributed by atoms with Gasteiger partial charge in [0.05, 0.1) is 19.3 Å². The van der Waals surface area contributed by atoms with E-state index in [1.807, 2.05) is 0 Å². The molecular weight excluding hydrogens is 437 g/mol. The second kappa shape index (κ2) is 8.78. The van der Waals surface area contributed by atoms with Crippen LogP contribution in [0.4, 0.5) is 24.7 Å². The van der Waals surface area contributed by atoms with Crippen LogP contribution in [0.5, 0.6) is 5.75 Å². The number of rotatable bonds is 5. The zero-order valence-electron chi connectivity index (χ0n) is 17.9. The second-order valence-electron chi connectivity index (χ2n) is 7.87. The van der Waals surface area contributed by atoms with Crippen molar-refractivity contribution in [2.75, 3.05) is 17.7 Å². The van der Waals surface area contributed by atoms with Crippen molar-refractivity contribution in [3.63, 3.8) is 0 Å². The van der Waals surface area contributed by atoms with E-state index in [-0.39, 0.29) is 17.9 Å². The van der Waals surface area contributed by atoms with Crippen LogP contribution in [0, 0.1) is 0 Å². The number of aromatic nitrogens is 2. The lowest BCUT2D eigenvalue weighted by Gasteiger charge is -2.33. The van der Waals surface area contributed by atoms with Crippen LogP contribution < -0.4 is 15.4 Å². The Balaban J connectivity index is 1.59. The number of halogens is 3. The molecule has 4 rings (SSSR count). The van der Waals surface area contributed by atoms with Gasteiger partial charge in [0.15, 0.2) is 11.7 Å². The van der Waals surface area contributed by atoms with Crippen molar-refractivity contribution in [2.24, 2.45) is 0 Å². The van der Waals surface area contributed by atoms with Crippen molar-refractivity contribution in [2.45, 2.75) is 37.7 Å². The van der Waals surface area contributed by atoms with Gasteiger partial charge in [0, 0.05) is 18.2 Å². The van der Waals surface area contributed by atoms with E-state index >= 15 is 0 Å². The summed E-state index contributed by atoms with van der Waals surface area (Å²) in [7, 11) is 1.51. The number of amides is 1. The summed E-state index contributed by atoms with van der Waals surface area (Å²) in [5.74, 6) is 0.0804. The molecule has 0 spiro atoms. The molecule has 3 N–H and O–H groups in total. The van der Waals surface area contributed by atoms with Crippen LogP contribution in [0.1, 0.15) is 53.1 Å². The summed E-state index contributed by atoms with van der Waals surface area (Å²) in [4.78, 5) is 12.7. The fourth-order valence-electron chi connectivity index (χ4n) is 3.78. The molecule has 0 saturated heterocycles. The summed E-state index contributed by atoms with van der Waals surface area (Å²) >= 11 is 0. The number of nitrogens with one attached hydrogen (secondary N) is 2. The maximum Gasteiger partial charge on any atom is 0.410 e. The van der Waals surface area contributed by atoms with Crippen LogP contribution >= 0.6 is 0 Å². The van der Waals surface area contributed by atoms with Gasteiger partial charge in [0.1, 0.15) is 11.6 Å². The molecule has 1 aromatic heterocycles.